The van der Waals surface area contributed by atoms with Gasteiger partial charge >= 0.3 is 0 Å². The third-order valence-electron chi connectivity index (χ3n) is 2.13. The van der Waals surface area contributed by atoms with E-state index in [2.05, 4.69) is 4.99 Å². The zero-order valence-corrected chi connectivity index (χ0v) is 8.60. The molecule has 2 N–H and O–H groups in total. The second kappa shape index (κ2) is 4.57. The number of benzene rings is 2. The van der Waals surface area contributed by atoms with Gasteiger partial charge in [-0.1, -0.05) is 12.1 Å². The first-order chi connectivity index (χ1) is 7.74. The lowest BCUT2D eigenvalue weighted by atomic mass is 10.2. The van der Waals surface area contributed by atoms with Gasteiger partial charge in [0.25, 0.3) is 0 Å². The average molecular weight is 214 g/mol. The van der Waals surface area contributed by atoms with Crippen LogP contribution in [-0.2, 0) is 0 Å². The Kier molecular flexibility index (Phi) is 2.96. The molecule has 0 aliphatic rings. The van der Waals surface area contributed by atoms with Crippen LogP contribution in [0.25, 0.3) is 0 Å². The van der Waals surface area contributed by atoms with Crippen LogP contribution in [-0.4, -0.2) is 6.21 Å². The average Bonchev–Trinajstić information content (AvgIpc) is 2.30. The third kappa shape index (κ3) is 2.67. The molecular formula is C13H11FN2. The molecule has 2 aromatic rings. The molecule has 0 aromatic heterocycles. The first kappa shape index (κ1) is 10.4. The lowest BCUT2D eigenvalue weighted by Gasteiger charge is -1.95. The molecule has 0 spiro atoms. The first-order valence-corrected chi connectivity index (χ1v) is 4.89. The predicted octanol–water partition coefficient (Wildman–Crippen LogP) is 3.16. The number of aliphatic imine (C=N–C) groups is 1. The van der Waals surface area contributed by atoms with Gasteiger partial charge in [-0.05, 0) is 42.0 Å². The SMILES string of the molecule is Nc1ccc(N=Cc2ccc(F)cc2)cc1. The topological polar surface area (TPSA) is 38.4 Å². The van der Waals surface area contributed by atoms with Crippen LogP contribution in [0.5, 0.6) is 0 Å². The molecule has 0 radical (unpaired) electrons. The minimum atomic E-state index is -0.246. The predicted molar refractivity (Wildman–Crippen MR) is 64.5 cm³/mol. The minimum Gasteiger partial charge on any atom is -0.399 e. The standard InChI is InChI=1S/C13H11FN2/c14-11-3-1-10(2-4-11)9-16-13-7-5-12(15)6-8-13/h1-9H,15H2. The summed E-state index contributed by atoms with van der Waals surface area (Å²) < 4.78 is 12.6. The van der Waals surface area contributed by atoms with Gasteiger partial charge in [0.05, 0.1) is 5.69 Å². The summed E-state index contributed by atoms with van der Waals surface area (Å²) in [6, 6.07) is 13.4. The Morgan fingerprint density at radius 3 is 2.19 bits per heavy atom. The Balaban J connectivity index is 2.15. The molecule has 16 heavy (non-hydrogen) atoms. The minimum absolute atomic E-state index is 0.246. The van der Waals surface area contributed by atoms with E-state index in [0.717, 1.165) is 11.3 Å². The van der Waals surface area contributed by atoms with Crippen molar-refractivity contribution in [1.82, 2.24) is 0 Å². The van der Waals surface area contributed by atoms with Crippen LogP contribution in [0, 0.1) is 5.82 Å². The van der Waals surface area contributed by atoms with E-state index < -0.39 is 0 Å². The van der Waals surface area contributed by atoms with Crippen LogP contribution in [0.2, 0.25) is 0 Å². The highest BCUT2D eigenvalue weighted by Gasteiger charge is 1.91. The number of rotatable bonds is 2. The molecule has 0 heterocycles. The van der Waals surface area contributed by atoms with Gasteiger partial charge in [0.2, 0.25) is 0 Å². The summed E-state index contributed by atoms with van der Waals surface area (Å²) in [4.78, 5) is 4.24. The van der Waals surface area contributed by atoms with E-state index in [1.807, 2.05) is 12.1 Å². The van der Waals surface area contributed by atoms with E-state index in [-0.39, 0.29) is 5.82 Å². The number of nitrogens with zero attached hydrogens (tertiary/aromatic N) is 1. The Hall–Kier alpha value is -2.16. The summed E-state index contributed by atoms with van der Waals surface area (Å²) in [5, 5.41) is 0. The van der Waals surface area contributed by atoms with Gasteiger partial charge in [-0.15, -0.1) is 0 Å². The molecule has 0 aliphatic heterocycles. The Labute approximate surface area is 93.3 Å². The fourth-order valence-electron chi connectivity index (χ4n) is 1.26. The largest absolute Gasteiger partial charge is 0.399 e. The molecular weight excluding hydrogens is 203 g/mol. The summed E-state index contributed by atoms with van der Waals surface area (Å²) in [6.45, 7) is 0. The smallest absolute Gasteiger partial charge is 0.123 e. The molecule has 0 aliphatic carbocycles. The number of hydrogen-bond donors (Lipinski definition) is 1. The zero-order chi connectivity index (χ0) is 11.4. The van der Waals surface area contributed by atoms with Gasteiger partial charge in [0.15, 0.2) is 0 Å². The molecule has 2 nitrogen and oxygen atoms in total. The molecule has 0 saturated heterocycles. The monoisotopic (exact) mass is 214 g/mol. The summed E-state index contributed by atoms with van der Waals surface area (Å²) in [6.07, 6.45) is 1.69. The number of halogens is 1. The van der Waals surface area contributed by atoms with E-state index in [1.165, 1.54) is 12.1 Å². The molecule has 0 amide bonds. The number of nitrogen functional groups attached to an aromatic ring is 1. The number of hydrogen-bond acceptors (Lipinski definition) is 2. The Morgan fingerprint density at radius 1 is 0.938 bits per heavy atom. The maximum Gasteiger partial charge on any atom is 0.123 e. The fraction of sp³-hybridized carbons (Fsp3) is 0. The molecule has 3 heteroatoms. The van der Waals surface area contributed by atoms with Gasteiger partial charge in [-0.2, -0.15) is 0 Å². The highest BCUT2D eigenvalue weighted by molar-refractivity contribution is 5.81. The normalized spacial score (nSPS) is 10.8. The first-order valence-electron chi connectivity index (χ1n) is 4.89. The van der Waals surface area contributed by atoms with Gasteiger partial charge in [-0.25, -0.2) is 4.39 Å². The molecule has 0 fully saturated rings. The van der Waals surface area contributed by atoms with E-state index in [4.69, 9.17) is 5.73 Å². The van der Waals surface area contributed by atoms with Crippen molar-refractivity contribution in [3.63, 3.8) is 0 Å². The molecule has 0 saturated carbocycles. The van der Waals surface area contributed by atoms with Crippen molar-refractivity contribution >= 4 is 17.6 Å². The van der Waals surface area contributed by atoms with Crippen molar-refractivity contribution in [3.05, 3.63) is 59.9 Å². The molecule has 2 aromatic carbocycles. The van der Waals surface area contributed by atoms with Crippen LogP contribution in [0.15, 0.2) is 53.5 Å². The van der Waals surface area contributed by atoms with E-state index in [1.54, 1.807) is 30.5 Å². The summed E-state index contributed by atoms with van der Waals surface area (Å²) in [7, 11) is 0. The van der Waals surface area contributed by atoms with Crippen LogP contribution >= 0.6 is 0 Å². The summed E-state index contributed by atoms with van der Waals surface area (Å²) >= 11 is 0. The fourth-order valence-corrected chi connectivity index (χ4v) is 1.26. The van der Waals surface area contributed by atoms with Gasteiger partial charge in [0.1, 0.15) is 5.82 Å². The Morgan fingerprint density at radius 2 is 1.56 bits per heavy atom. The molecule has 80 valence electrons. The number of nitrogens with two attached hydrogens (primary N) is 1. The van der Waals surface area contributed by atoms with Crippen molar-refractivity contribution in [2.45, 2.75) is 0 Å². The van der Waals surface area contributed by atoms with Crippen molar-refractivity contribution in [2.75, 3.05) is 5.73 Å². The van der Waals surface area contributed by atoms with E-state index in [0.29, 0.717) is 5.69 Å². The molecule has 0 atom stereocenters. The highest BCUT2D eigenvalue weighted by Crippen LogP contribution is 2.13. The maximum absolute atomic E-state index is 12.6. The Bertz CT molecular complexity index is 439. The molecule has 2 rings (SSSR count). The molecule has 0 unspecified atom stereocenters. The zero-order valence-electron chi connectivity index (χ0n) is 8.60. The summed E-state index contributed by atoms with van der Waals surface area (Å²) in [5.74, 6) is -0.246. The van der Waals surface area contributed by atoms with Crippen molar-refractivity contribution in [2.24, 2.45) is 4.99 Å². The van der Waals surface area contributed by atoms with Crippen LogP contribution in [0.4, 0.5) is 15.8 Å². The van der Waals surface area contributed by atoms with Crippen molar-refractivity contribution in [1.29, 1.82) is 0 Å². The number of anilines is 1. The van der Waals surface area contributed by atoms with Crippen LogP contribution in [0.1, 0.15) is 5.56 Å². The van der Waals surface area contributed by atoms with Crippen LogP contribution < -0.4 is 5.73 Å². The van der Waals surface area contributed by atoms with Crippen LogP contribution in [0.3, 0.4) is 0 Å². The molecule has 0 bridgehead atoms. The van der Waals surface area contributed by atoms with E-state index >= 15 is 0 Å². The third-order valence-corrected chi connectivity index (χ3v) is 2.13. The second-order valence-corrected chi connectivity index (χ2v) is 3.40. The van der Waals surface area contributed by atoms with Crippen molar-refractivity contribution < 1.29 is 4.39 Å². The summed E-state index contributed by atoms with van der Waals surface area (Å²) in [5.41, 5.74) is 7.94. The quantitative estimate of drug-likeness (QED) is 0.605. The van der Waals surface area contributed by atoms with Crippen molar-refractivity contribution in [3.8, 4) is 0 Å². The van der Waals surface area contributed by atoms with Gasteiger partial charge < -0.3 is 5.73 Å². The van der Waals surface area contributed by atoms with Gasteiger partial charge in [-0.3, -0.25) is 4.99 Å². The van der Waals surface area contributed by atoms with E-state index in [9.17, 15) is 4.39 Å². The lowest BCUT2D eigenvalue weighted by molar-refractivity contribution is 0.628. The lowest BCUT2D eigenvalue weighted by Crippen LogP contribution is -1.82. The maximum atomic E-state index is 12.6. The second-order valence-electron chi connectivity index (χ2n) is 3.40. The van der Waals surface area contributed by atoms with Gasteiger partial charge in [0, 0.05) is 11.9 Å². The highest BCUT2D eigenvalue weighted by atomic mass is 19.1.